The molecule has 4 rings (SSSR count). The first kappa shape index (κ1) is 20.9. The third-order valence-corrected chi connectivity index (χ3v) is 5.61. The number of amides is 1. The van der Waals surface area contributed by atoms with Crippen LogP contribution in [0.5, 0.6) is 5.75 Å². The standard InChI is InChI=1S/C22H24FIN4O2/c1-13(24)26-22-17(25-2)11-14(28-9-4-7-20(28)29)12-18(22)27-16-8-10-30-19-6-3-5-15(23)21(16)19/h3,5-6,11-12,16,25,27H,4,7-10H2,1-2H3. The van der Waals surface area contributed by atoms with Crippen molar-refractivity contribution in [2.24, 2.45) is 4.99 Å². The van der Waals surface area contributed by atoms with E-state index >= 15 is 0 Å². The summed E-state index contributed by atoms with van der Waals surface area (Å²) >= 11 is 2.17. The summed E-state index contributed by atoms with van der Waals surface area (Å²) < 4.78 is 21.2. The SMILES string of the molecule is CNc1cc(N2CCCC2=O)cc(NC2CCOc3cccc(F)c32)c1N=C(C)I. The molecule has 158 valence electrons. The zero-order valence-electron chi connectivity index (χ0n) is 17.0. The van der Waals surface area contributed by atoms with Gasteiger partial charge in [0, 0.05) is 32.1 Å². The van der Waals surface area contributed by atoms with Crippen LogP contribution in [0.4, 0.5) is 27.1 Å². The molecule has 2 heterocycles. The molecule has 2 aromatic carbocycles. The Balaban J connectivity index is 1.80. The molecule has 30 heavy (non-hydrogen) atoms. The van der Waals surface area contributed by atoms with Crippen LogP contribution in [0, 0.1) is 5.82 Å². The van der Waals surface area contributed by atoms with E-state index < -0.39 is 0 Å². The molecule has 0 saturated carbocycles. The van der Waals surface area contributed by atoms with Crippen LogP contribution < -0.4 is 20.3 Å². The zero-order chi connectivity index (χ0) is 21.3. The van der Waals surface area contributed by atoms with E-state index in [0.29, 0.717) is 37.3 Å². The third kappa shape index (κ3) is 4.10. The smallest absolute Gasteiger partial charge is 0.227 e. The molecule has 6 nitrogen and oxygen atoms in total. The number of fused-ring (bicyclic) bond motifs is 1. The molecule has 0 aromatic heterocycles. The molecular formula is C22H24FIN4O2. The first-order chi connectivity index (χ1) is 14.5. The summed E-state index contributed by atoms with van der Waals surface area (Å²) in [5.74, 6) is 0.389. The Kier molecular flexibility index (Phi) is 6.12. The zero-order valence-corrected chi connectivity index (χ0v) is 19.1. The van der Waals surface area contributed by atoms with Crippen molar-refractivity contribution >= 4 is 55.0 Å². The third-order valence-electron chi connectivity index (χ3n) is 5.37. The fourth-order valence-corrected chi connectivity index (χ4v) is 4.26. The highest BCUT2D eigenvalue weighted by Crippen LogP contribution is 2.43. The van der Waals surface area contributed by atoms with Gasteiger partial charge in [-0.25, -0.2) is 9.38 Å². The van der Waals surface area contributed by atoms with Crippen molar-refractivity contribution in [3.05, 3.63) is 41.7 Å². The van der Waals surface area contributed by atoms with Crippen molar-refractivity contribution in [3.8, 4) is 5.75 Å². The summed E-state index contributed by atoms with van der Waals surface area (Å²) in [6.07, 6.45) is 2.03. The number of nitrogens with one attached hydrogen (secondary N) is 2. The van der Waals surface area contributed by atoms with E-state index in [1.807, 2.05) is 26.1 Å². The maximum Gasteiger partial charge on any atom is 0.227 e. The maximum atomic E-state index is 14.6. The molecule has 2 aliphatic rings. The van der Waals surface area contributed by atoms with Gasteiger partial charge in [0.1, 0.15) is 17.3 Å². The molecule has 8 heteroatoms. The molecule has 0 bridgehead atoms. The first-order valence-electron chi connectivity index (χ1n) is 10.0. The molecule has 1 fully saturated rings. The molecule has 0 spiro atoms. The van der Waals surface area contributed by atoms with Crippen LogP contribution in [0.15, 0.2) is 35.3 Å². The lowest BCUT2D eigenvalue weighted by molar-refractivity contribution is -0.117. The summed E-state index contributed by atoms with van der Waals surface area (Å²) in [4.78, 5) is 18.8. The molecule has 1 saturated heterocycles. The monoisotopic (exact) mass is 522 g/mol. The number of aliphatic imine (C=N–C) groups is 1. The number of rotatable bonds is 5. The Morgan fingerprint density at radius 2 is 2.13 bits per heavy atom. The van der Waals surface area contributed by atoms with Crippen LogP contribution in [-0.2, 0) is 4.79 Å². The van der Waals surface area contributed by atoms with E-state index in [9.17, 15) is 9.18 Å². The molecule has 2 N–H and O–H groups in total. The number of carbonyl (C=O) groups excluding carboxylic acids is 1. The van der Waals surface area contributed by atoms with Crippen LogP contribution >= 0.6 is 22.6 Å². The molecule has 1 atom stereocenters. The Hall–Kier alpha value is -2.36. The highest BCUT2D eigenvalue weighted by Gasteiger charge is 2.28. The minimum absolute atomic E-state index is 0.117. The topological polar surface area (TPSA) is 66.0 Å². The Labute approximate surface area is 189 Å². The summed E-state index contributed by atoms with van der Waals surface area (Å²) in [6.45, 7) is 3.12. The lowest BCUT2D eigenvalue weighted by Crippen LogP contribution is -2.25. The quantitative estimate of drug-likeness (QED) is 0.407. The van der Waals surface area contributed by atoms with Crippen molar-refractivity contribution in [2.45, 2.75) is 32.2 Å². The maximum absolute atomic E-state index is 14.6. The number of anilines is 3. The second-order valence-corrected chi connectivity index (χ2v) is 8.94. The van der Waals surface area contributed by atoms with E-state index in [2.05, 4.69) is 33.2 Å². The highest BCUT2D eigenvalue weighted by atomic mass is 127. The molecule has 0 radical (unpaired) electrons. The van der Waals surface area contributed by atoms with Crippen LogP contribution in [0.25, 0.3) is 0 Å². The van der Waals surface area contributed by atoms with Crippen molar-refractivity contribution in [1.29, 1.82) is 0 Å². The predicted octanol–water partition coefficient (Wildman–Crippen LogP) is 5.41. The molecule has 2 aliphatic heterocycles. The number of ether oxygens (including phenoxy) is 1. The Morgan fingerprint density at radius 3 is 2.83 bits per heavy atom. The number of benzene rings is 2. The fraction of sp³-hybridized carbons (Fsp3) is 0.364. The van der Waals surface area contributed by atoms with Gasteiger partial charge in [-0.1, -0.05) is 6.07 Å². The van der Waals surface area contributed by atoms with Crippen molar-refractivity contribution < 1.29 is 13.9 Å². The minimum atomic E-state index is -0.292. The van der Waals surface area contributed by atoms with Gasteiger partial charge in [0.15, 0.2) is 0 Å². The van der Waals surface area contributed by atoms with Crippen LogP contribution in [0.1, 0.15) is 37.8 Å². The molecular weight excluding hydrogens is 498 g/mol. The van der Waals surface area contributed by atoms with Crippen LogP contribution in [-0.4, -0.2) is 29.8 Å². The largest absolute Gasteiger partial charge is 0.493 e. The van der Waals surface area contributed by atoms with E-state index in [1.54, 1.807) is 17.0 Å². The van der Waals surface area contributed by atoms with Crippen molar-refractivity contribution in [1.82, 2.24) is 0 Å². The number of carbonyl (C=O) groups is 1. The van der Waals surface area contributed by atoms with Gasteiger partial charge < -0.3 is 20.3 Å². The van der Waals surface area contributed by atoms with Gasteiger partial charge in [0.2, 0.25) is 5.91 Å². The molecule has 0 aliphatic carbocycles. The predicted molar refractivity (Wildman–Crippen MR) is 127 cm³/mol. The van der Waals surface area contributed by atoms with Crippen molar-refractivity contribution in [3.63, 3.8) is 0 Å². The molecule has 1 unspecified atom stereocenters. The van der Waals surface area contributed by atoms with Crippen LogP contribution in [0.2, 0.25) is 0 Å². The fourth-order valence-electron chi connectivity index (χ4n) is 4.02. The Bertz CT molecular complexity index is 1010. The second kappa shape index (κ2) is 8.79. The highest BCUT2D eigenvalue weighted by molar-refractivity contribution is 14.1. The van der Waals surface area contributed by atoms with Gasteiger partial charge in [-0.2, -0.15) is 0 Å². The average molecular weight is 522 g/mol. The first-order valence-corrected chi connectivity index (χ1v) is 11.1. The Morgan fingerprint density at radius 1 is 1.33 bits per heavy atom. The number of hydrogen-bond acceptors (Lipinski definition) is 5. The van der Waals surface area contributed by atoms with Gasteiger partial charge in [-0.05, 0) is 60.2 Å². The van der Waals surface area contributed by atoms with Gasteiger partial charge >= 0.3 is 0 Å². The molecule has 1 amide bonds. The lowest BCUT2D eigenvalue weighted by Gasteiger charge is -2.29. The summed E-state index contributed by atoms with van der Waals surface area (Å²) in [7, 11) is 1.83. The average Bonchev–Trinajstić information content (AvgIpc) is 3.15. The summed E-state index contributed by atoms with van der Waals surface area (Å²) in [6, 6.07) is 8.54. The number of nitrogens with zero attached hydrogens (tertiary/aromatic N) is 2. The minimum Gasteiger partial charge on any atom is -0.493 e. The molecule has 2 aromatic rings. The van der Waals surface area contributed by atoms with Gasteiger partial charge in [-0.15, -0.1) is 0 Å². The van der Waals surface area contributed by atoms with E-state index in [-0.39, 0.29) is 17.8 Å². The van der Waals surface area contributed by atoms with Gasteiger partial charge in [-0.3, -0.25) is 4.79 Å². The van der Waals surface area contributed by atoms with Crippen LogP contribution in [0.3, 0.4) is 0 Å². The van der Waals surface area contributed by atoms with Crippen molar-refractivity contribution in [2.75, 3.05) is 35.7 Å². The van der Waals surface area contributed by atoms with E-state index in [0.717, 1.165) is 32.9 Å². The second-order valence-electron chi connectivity index (χ2n) is 7.38. The normalized spacial score (nSPS) is 18.8. The van der Waals surface area contributed by atoms with E-state index in [4.69, 9.17) is 9.73 Å². The summed E-state index contributed by atoms with van der Waals surface area (Å²) in [5.41, 5.74) is 3.65. The lowest BCUT2D eigenvalue weighted by atomic mass is 9.99. The summed E-state index contributed by atoms with van der Waals surface area (Å²) in [5, 5.41) is 6.70. The number of hydrogen-bond donors (Lipinski definition) is 2. The van der Waals surface area contributed by atoms with E-state index in [1.165, 1.54) is 6.07 Å². The number of halogens is 2. The van der Waals surface area contributed by atoms with Gasteiger partial charge in [0.05, 0.1) is 33.3 Å². The van der Waals surface area contributed by atoms with Gasteiger partial charge in [0.25, 0.3) is 0 Å².